The van der Waals surface area contributed by atoms with Crippen molar-refractivity contribution in [1.29, 1.82) is 0 Å². The van der Waals surface area contributed by atoms with Gasteiger partial charge in [0.2, 0.25) is 0 Å². The number of hydrogen-bond acceptors (Lipinski definition) is 16. The number of piperidine rings is 3. The summed E-state index contributed by atoms with van der Waals surface area (Å²) in [5, 5.41) is 48.7. The Morgan fingerprint density at radius 3 is 0.871 bits per heavy atom. The number of esters is 3. The Morgan fingerprint density at radius 2 is 0.661 bits per heavy atom. The fourth-order valence-electron chi connectivity index (χ4n) is 9.88. The van der Waals surface area contributed by atoms with Crippen LogP contribution in [0.2, 0.25) is 0 Å². The maximum absolute atomic E-state index is 14.3. The van der Waals surface area contributed by atoms with Crippen LogP contribution in [0.5, 0.6) is 0 Å². The van der Waals surface area contributed by atoms with Gasteiger partial charge in [0, 0.05) is 71.8 Å². The van der Waals surface area contributed by atoms with E-state index in [-0.39, 0.29) is 84.0 Å². The van der Waals surface area contributed by atoms with E-state index in [1.54, 1.807) is 46.6 Å². The summed E-state index contributed by atoms with van der Waals surface area (Å²) in [6.07, 6.45) is -1.75. The molecule has 0 bridgehead atoms. The molecule has 3 rings (SSSR count). The summed E-state index contributed by atoms with van der Waals surface area (Å²) < 4.78 is 18.0. The average molecular weight is 914 g/mol. The molecule has 16 nitrogen and oxygen atoms in total. The van der Waals surface area contributed by atoms with Crippen LogP contribution in [-0.4, -0.2) is 199 Å². The number of hydroxylamine groups is 6. The van der Waals surface area contributed by atoms with Crippen LogP contribution in [-0.2, 0) is 43.1 Å². The first-order valence-corrected chi connectivity index (χ1v) is 21.9. The van der Waals surface area contributed by atoms with E-state index < -0.39 is 105 Å². The second kappa shape index (κ2) is 20.1. The van der Waals surface area contributed by atoms with Gasteiger partial charge in [-0.15, -0.1) is 0 Å². The summed E-state index contributed by atoms with van der Waals surface area (Å²) in [6, 6.07) is 0. The molecule has 0 aromatic carbocycles. The average Bonchev–Trinajstić information content (AvgIpc) is 2.95. The van der Waals surface area contributed by atoms with E-state index in [4.69, 9.17) is 28.7 Å². The molecule has 4 N–H and O–H groups in total. The van der Waals surface area contributed by atoms with Gasteiger partial charge in [0.15, 0.2) is 5.60 Å². The molecule has 0 atom stereocenters. The third kappa shape index (κ3) is 16.5. The van der Waals surface area contributed by atoms with Crippen molar-refractivity contribution < 1.29 is 63.5 Å². The van der Waals surface area contributed by atoms with E-state index >= 15 is 0 Å². The molecule has 3 heterocycles. The van der Waals surface area contributed by atoms with E-state index in [1.165, 1.54) is 0 Å². The monoisotopic (exact) mass is 914 g/mol. The minimum absolute atomic E-state index is 0. The molecule has 0 aromatic rings. The molecule has 0 unspecified atom stereocenters. The topological polar surface area (TPSA) is 197 Å². The van der Waals surface area contributed by atoms with Gasteiger partial charge in [-0.1, -0.05) is 0 Å². The second-order valence-corrected chi connectivity index (χ2v) is 23.9. The van der Waals surface area contributed by atoms with Crippen LogP contribution in [0.15, 0.2) is 0 Å². The third-order valence-corrected chi connectivity index (χ3v) is 11.4. The molecule has 0 amide bonds. The molecule has 3 fully saturated rings. The summed E-state index contributed by atoms with van der Waals surface area (Å²) in [5.41, 5.74) is -9.81. The zero-order valence-corrected chi connectivity index (χ0v) is 40.8. The van der Waals surface area contributed by atoms with Gasteiger partial charge in [0.25, 0.3) is 0 Å². The van der Waals surface area contributed by atoms with Crippen molar-refractivity contribution in [3.63, 3.8) is 0 Å². The molecular weight excluding hydrogens is 830 g/mol. The van der Waals surface area contributed by atoms with Crippen molar-refractivity contribution in [3.8, 4) is 0 Å². The number of aliphatic hydroxyl groups is 4. The Morgan fingerprint density at radius 1 is 0.452 bits per heavy atom. The molecular formula is C45H84KN3O13. The summed E-state index contributed by atoms with van der Waals surface area (Å²) >= 11 is 0. The first kappa shape index (κ1) is 57.8. The minimum atomic E-state index is -2.64. The standard InChI is InChI=1S/C45H83N3O13.K.H/c1-36(2)19-30(20-37(3,4)46(36)56-27-42(13,14)52)59-33(49)25-45(55,35(51)61-32-23-40(9,10)48(41(11,12)24-32)58-29-44(17,18)54)26-34(50)60-31-21-38(5,6)47(39(7,8)22-31)57-28-43(15,16)53;;/h30-32,52-55H,19-29H2,1-18H3;;. The molecule has 358 valence electrons. The zero-order chi connectivity index (χ0) is 47.2. The molecule has 3 aliphatic rings. The Kier molecular flexibility index (Phi) is 18.7. The predicted molar refractivity (Wildman–Crippen MR) is 235 cm³/mol. The van der Waals surface area contributed by atoms with Gasteiger partial charge >= 0.3 is 69.3 Å². The first-order valence-electron chi connectivity index (χ1n) is 21.9. The summed E-state index contributed by atoms with van der Waals surface area (Å²) in [5.74, 6) is -2.91. The van der Waals surface area contributed by atoms with Crippen LogP contribution in [0.4, 0.5) is 0 Å². The number of nitrogens with zero attached hydrogens (tertiary/aromatic N) is 3. The van der Waals surface area contributed by atoms with E-state index in [2.05, 4.69) is 0 Å². The van der Waals surface area contributed by atoms with E-state index in [0.29, 0.717) is 25.7 Å². The maximum atomic E-state index is 14.3. The van der Waals surface area contributed by atoms with Crippen molar-refractivity contribution in [2.24, 2.45) is 0 Å². The fourth-order valence-corrected chi connectivity index (χ4v) is 9.88. The Bertz CT molecular complexity index is 1420. The molecule has 0 saturated carbocycles. The number of hydrogen-bond donors (Lipinski definition) is 4. The molecule has 0 aromatic heterocycles. The Balaban J connectivity index is 0.0000132. The normalized spacial score (nSPS) is 23.9. The van der Waals surface area contributed by atoms with Crippen LogP contribution < -0.4 is 0 Å². The van der Waals surface area contributed by atoms with Crippen molar-refractivity contribution >= 4 is 69.3 Å². The fraction of sp³-hybridized carbons (Fsp3) is 0.933. The van der Waals surface area contributed by atoms with E-state index in [0.717, 1.165) is 0 Å². The van der Waals surface area contributed by atoms with Gasteiger partial charge in [-0.05, 0) is 125 Å². The van der Waals surface area contributed by atoms with Crippen LogP contribution >= 0.6 is 0 Å². The Hall–Kier alpha value is -0.354. The third-order valence-electron chi connectivity index (χ3n) is 11.4. The number of carbonyl (C=O) groups is 3. The number of ether oxygens (including phenoxy) is 3. The van der Waals surface area contributed by atoms with Crippen LogP contribution in [0.25, 0.3) is 0 Å². The summed E-state index contributed by atoms with van der Waals surface area (Å²) in [6.45, 7) is 33.3. The van der Waals surface area contributed by atoms with E-state index in [1.807, 2.05) is 93.2 Å². The van der Waals surface area contributed by atoms with Gasteiger partial charge in [0.05, 0.1) is 49.5 Å². The quantitative estimate of drug-likeness (QED) is 0.0893. The van der Waals surface area contributed by atoms with Crippen molar-refractivity contribution in [3.05, 3.63) is 0 Å². The number of carbonyl (C=O) groups excluding carboxylic acids is 3. The van der Waals surface area contributed by atoms with Gasteiger partial charge in [-0.3, -0.25) is 24.1 Å². The van der Waals surface area contributed by atoms with E-state index in [9.17, 15) is 34.8 Å². The molecule has 62 heavy (non-hydrogen) atoms. The van der Waals surface area contributed by atoms with Crippen molar-refractivity contribution in [2.75, 3.05) is 19.8 Å². The molecule has 0 aliphatic carbocycles. The van der Waals surface area contributed by atoms with Gasteiger partial charge in [0.1, 0.15) is 18.3 Å². The zero-order valence-electron chi connectivity index (χ0n) is 40.8. The molecule has 3 saturated heterocycles. The van der Waals surface area contributed by atoms with Crippen molar-refractivity contribution in [1.82, 2.24) is 15.2 Å². The molecule has 0 spiro atoms. The predicted octanol–water partition coefficient (Wildman–Crippen LogP) is 4.65. The summed E-state index contributed by atoms with van der Waals surface area (Å²) in [7, 11) is 0. The second-order valence-electron chi connectivity index (χ2n) is 23.9. The van der Waals surface area contributed by atoms with Gasteiger partial charge < -0.3 is 34.6 Å². The SMILES string of the molecule is CC(C)(O)CON1C(C)(C)CC(OC(=O)CC(O)(CC(=O)OC2CC(C)(C)N(OCC(C)(C)O)C(C)(C)C2)C(=O)OC2CC(C)(C)N(OCC(C)(C)O)C(C)(C)C2)CC1(C)C.[KH]. The number of rotatable bonds is 17. The van der Waals surface area contributed by atoms with Gasteiger partial charge in [-0.25, -0.2) is 4.79 Å². The van der Waals surface area contributed by atoms with Crippen LogP contribution in [0.3, 0.4) is 0 Å². The molecule has 0 radical (unpaired) electrons. The van der Waals surface area contributed by atoms with Gasteiger partial charge in [-0.2, -0.15) is 15.2 Å². The Labute approximate surface area is 414 Å². The molecule has 3 aliphatic heterocycles. The van der Waals surface area contributed by atoms with Crippen molar-refractivity contribution in [2.45, 2.75) is 250 Å². The summed E-state index contributed by atoms with van der Waals surface area (Å²) in [4.78, 5) is 60.4. The van der Waals surface area contributed by atoms with Crippen LogP contribution in [0.1, 0.15) is 176 Å². The first-order chi connectivity index (χ1) is 27.1. The molecule has 17 heteroatoms. The van der Waals surface area contributed by atoms with Crippen LogP contribution in [0, 0.1) is 0 Å².